The highest BCUT2D eigenvalue weighted by Gasteiger charge is 2.35. The van der Waals surface area contributed by atoms with Crippen molar-refractivity contribution >= 4 is 22.8 Å². The Morgan fingerprint density at radius 1 is 0.837 bits per heavy atom. The van der Waals surface area contributed by atoms with Crippen molar-refractivity contribution in [3.05, 3.63) is 113 Å². The summed E-state index contributed by atoms with van der Waals surface area (Å²) < 4.78 is 23.0. The molecule has 1 heterocycles. The minimum Gasteiger partial charge on any atom is -0.497 e. The standard InChI is InChI=1S/C36H39NO6/c1-36(2,3)43-35(39)37-19-18-32(33(22-37)41-24-26-14-15-27-8-5-6-9-29(27)20-26)28-16-12-25(13-17-28)23-42-34(38)30-10-7-11-31(21-30)40-4/h5-17,20-21,32-33H,18-19,22-24H2,1-4H3. The van der Waals surface area contributed by atoms with Gasteiger partial charge in [-0.1, -0.05) is 66.7 Å². The number of amides is 1. The lowest BCUT2D eigenvalue weighted by molar-refractivity contribution is -0.0359. The molecule has 2 atom stereocenters. The lowest BCUT2D eigenvalue weighted by atomic mass is 9.86. The zero-order valence-corrected chi connectivity index (χ0v) is 25.2. The molecule has 4 aromatic carbocycles. The van der Waals surface area contributed by atoms with Crippen LogP contribution in [0.2, 0.25) is 0 Å². The smallest absolute Gasteiger partial charge is 0.410 e. The van der Waals surface area contributed by atoms with E-state index in [9.17, 15) is 9.59 Å². The first-order chi connectivity index (χ1) is 20.7. The summed E-state index contributed by atoms with van der Waals surface area (Å²) in [6.45, 7) is 7.24. The lowest BCUT2D eigenvalue weighted by Gasteiger charge is -2.39. The zero-order chi connectivity index (χ0) is 30.4. The van der Waals surface area contributed by atoms with Crippen LogP contribution in [-0.4, -0.2) is 48.9 Å². The molecule has 0 bridgehead atoms. The normalized spacial score (nSPS) is 17.0. The number of piperidine rings is 1. The van der Waals surface area contributed by atoms with Gasteiger partial charge in [0.1, 0.15) is 18.0 Å². The maximum atomic E-state index is 12.9. The van der Waals surface area contributed by atoms with Gasteiger partial charge in [-0.25, -0.2) is 9.59 Å². The van der Waals surface area contributed by atoms with Crippen molar-refractivity contribution in [3.63, 3.8) is 0 Å². The second-order valence-corrected chi connectivity index (χ2v) is 11.9. The molecule has 1 saturated heterocycles. The highest BCUT2D eigenvalue weighted by Crippen LogP contribution is 2.32. The van der Waals surface area contributed by atoms with Crippen LogP contribution in [0.25, 0.3) is 10.8 Å². The Kier molecular flexibility index (Phi) is 9.31. The van der Waals surface area contributed by atoms with Crippen LogP contribution in [-0.2, 0) is 27.4 Å². The van der Waals surface area contributed by atoms with Crippen LogP contribution in [0.15, 0.2) is 91.0 Å². The third-order valence-corrected chi connectivity index (χ3v) is 7.57. The second-order valence-electron chi connectivity index (χ2n) is 11.9. The van der Waals surface area contributed by atoms with E-state index in [1.54, 1.807) is 36.3 Å². The molecular weight excluding hydrogens is 542 g/mol. The molecule has 5 rings (SSSR count). The zero-order valence-electron chi connectivity index (χ0n) is 25.2. The maximum Gasteiger partial charge on any atom is 0.410 e. The average molecular weight is 582 g/mol. The summed E-state index contributed by atoms with van der Waals surface area (Å²) in [6.07, 6.45) is 0.203. The van der Waals surface area contributed by atoms with Gasteiger partial charge in [-0.05, 0) is 78.9 Å². The molecule has 1 aliphatic heterocycles. The molecule has 1 amide bonds. The minimum atomic E-state index is -0.568. The predicted octanol–water partition coefficient (Wildman–Crippen LogP) is 7.52. The van der Waals surface area contributed by atoms with E-state index in [-0.39, 0.29) is 24.7 Å². The first-order valence-corrected chi connectivity index (χ1v) is 14.7. The summed E-state index contributed by atoms with van der Waals surface area (Å²) in [5.74, 6) is 0.293. The summed E-state index contributed by atoms with van der Waals surface area (Å²) in [6, 6.07) is 29.6. The lowest BCUT2D eigenvalue weighted by Crippen LogP contribution is -2.48. The van der Waals surface area contributed by atoms with Gasteiger partial charge >= 0.3 is 12.1 Å². The summed E-state index contributed by atoms with van der Waals surface area (Å²) >= 11 is 0. The van der Waals surface area contributed by atoms with E-state index in [4.69, 9.17) is 18.9 Å². The Labute approximate surface area is 253 Å². The number of methoxy groups -OCH3 is 1. The van der Waals surface area contributed by atoms with E-state index in [0.29, 0.717) is 31.0 Å². The van der Waals surface area contributed by atoms with Crippen molar-refractivity contribution in [1.29, 1.82) is 0 Å². The molecule has 1 aliphatic rings. The van der Waals surface area contributed by atoms with Crippen molar-refractivity contribution < 1.29 is 28.5 Å². The molecule has 0 spiro atoms. The van der Waals surface area contributed by atoms with E-state index in [1.165, 1.54) is 10.8 Å². The molecule has 4 aromatic rings. The van der Waals surface area contributed by atoms with Crippen LogP contribution in [0, 0.1) is 0 Å². The highest BCUT2D eigenvalue weighted by molar-refractivity contribution is 5.89. The van der Waals surface area contributed by atoms with E-state index >= 15 is 0 Å². The van der Waals surface area contributed by atoms with E-state index in [1.807, 2.05) is 45.0 Å². The van der Waals surface area contributed by atoms with Gasteiger partial charge in [0.05, 0.1) is 31.9 Å². The van der Waals surface area contributed by atoms with Crippen LogP contribution in [0.1, 0.15) is 60.2 Å². The second kappa shape index (κ2) is 13.3. The number of esters is 1. The Hall–Kier alpha value is -4.36. The summed E-state index contributed by atoms with van der Waals surface area (Å²) in [5, 5.41) is 2.36. The molecule has 0 aromatic heterocycles. The Morgan fingerprint density at radius 2 is 1.58 bits per heavy atom. The molecule has 7 nitrogen and oxygen atoms in total. The summed E-state index contributed by atoms with van der Waals surface area (Å²) in [4.78, 5) is 27.2. The third kappa shape index (κ3) is 7.93. The van der Waals surface area contributed by atoms with Gasteiger partial charge in [-0.15, -0.1) is 0 Å². The molecule has 7 heteroatoms. The van der Waals surface area contributed by atoms with Gasteiger partial charge in [-0.2, -0.15) is 0 Å². The molecule has 2 unspecified atom stereocenters. The van der Waals surface area contributed by atoms with Gasteiger partial charge in [0.15, 0.2) is 0 Å². The van der Waals surface area contributed by atoms with Crippen molar-refractivity contribution in [1.82, 2.24) is 4.90 Å². The van der Waals surface area contributed by atoms with Gasteiger partial charge in [-0.3, -0.25) is 0 Å². The van der Waals surface area contributed by atoms with E-state index < -0.39 is 11.6 Å². The number of nitrogens with zero attached hydrogens (tertiary/aromatic N) is 1. The van der Waals surface area contributed by atoms with Crippen LogP contribution in [0.3, 0.4) is 0 Å². The molecule has 224 valence electrons. The molecule has 43 heavy (non-hydrogen) atoms. The maximum absolute atomic E-state index is 12.9. The van der Waals surface area contributed by atoms with Gasteiger partial charge in [0.25, 0.3) is 0 Å². The monoisotopic (exact) mass is 581 g/mol. The molecule has 0 radical (unpaired) electrons. The van der Waals surface area contributed by atoms with Gasteiger partial charge in [0.2, 0.25) is 0 Å². The van der Waals surface area contributed by atoms with E-state index in [0.717, 1.165) is 23.1 Å². The van der Waals surface area contributed by atoms with Crippen molar-refractivity contribution in [3.8, 4) is 5.75 Å². The highest BCUT2D eigenvalue weighted by atomic mass is 16.6. The van der Waals surface area contributed by atoms with Crippen molar-refractivity contribution in [2.24, 2.45) is 0 Å². The number of hydrogen-bond acceptors (Lipinski definition) is 6. The van der Waals surface area contributed by atoms with E-state index in [2.05, 4.69) is 42.5 Å². The Balaban J connectivity index is 1.27. The van der Waals surface area contributed by atoms with Crippen LogP contribution >= 0.6 is 0 Å². The molecule has 1 fully saturated rings. The minimum absolute atomic E-state index is 0.0903. The Bertz CT molecular complexity index is 1560. The largest absolute Gasteiger partial charge is 0.497 e. The molecule has 0 saturated carbocycles. The predicted molar refractivity (Wildman–Crippen MR) is 166 cm³/mol. The first kappa shape index (κ1) is 30.1. The van der Waals surface area contributed by atoms with Crippen LogP contribution < -0.4 is 4.74 Å². The summed E-state index contributed by atoms with van der Waals surface area (Å²) in [5.41, 5.74) is 2.97. The third-order valence-electron chi connectivity index (χ3n) is 7.57. The number of likely N-dealkylation sites (tertiary alicyclic amines) is 1. The fourth-order valence-electron chi connectivity index (χ4n) is 5.33. The topological polar surface area (TPSA) is 74.3 Å². The molecule has 0 aliphatic carbocycles. The first-order valence-electron chi connectivity index (χ1n) is 14.7. The number of carbonyl (C=O) groups excluding carboxylic acids is 2. The van der Waals surface area contributed by atoms with Crippen molar-refractivity contribution in [2.45, 2.75) is 58.0 Å². The van der Waals surface area contributed by atoms with Gasteiger partial charge < -0.3 is 23.8 Å². The molecule has 0 N–H and O–H groups in total. The quantitative estimate of drug-likeness (QED) is 0.201. The van der Waals surface area contributed by atoms with Crippen LogP contribution in [0.5, 0.6) is 5.75 Å². The number of benzene rings is 4. The Morgan fingerprint density at radius 3 is 2.33 bits per heavy atom. The average Bonchev–Trinajstić information content (AvgIpc) is 3.02. The number of hydrogen-bond donors (Lipinski definition) is 0. The number of rotatable bonds is 8. The van der Waals surface area contributed by atoms with Gasteiger partial charge in [0, 0.05) is 12.5 Å². The fraction of sp³-hybridized carbons (Fsp3) is 0.333. The number of ether oxygens (including phenoxy) is 4. The SMILES string of the molecule is COc1cccc(C(=O)OCc2ccc(C3CCN(C(=O)OC(C)(C)C)CC3OCc3ccc4ccccc4c3)cc2)c1. The number of fused-ring (bicyclic) bond motifs is 1. The van der Waals surface area contributed by atoms with Crippen molar-refractivity contribution in [2.75, 3.05) is 20.2 Å². The molecular formula is C36H39NO6. The van der Waals surface area contributed by atoms with Crippen LogP contribution in [0.4, 0.5) is 4.79 Å². The fourth-order valence-corrected chi connectivity index (χ4v) is 5.33. The number of carbonyl (C=O) groups is 2. The summed E-state index contributed by atoms with van der Waals surface area (Å²) in [7, 11) is 1.56.